The van der Waals surface area contributed by atoms with Crippen LogP contribution in [-0.2, 0) is 0 Å². The molecule has 14 heavy (non-hydrogen) atoms. The zero-order chi connectivity index (χ0) is 9.80. The molecule has 0 amide bonds. The van der Waals surface area contributed by atoms with E-state index in [1.807, 2.05) is 0 Å². The lowest BCUT2D eigenvalue weighted by Crippen LogP contribution is -2.19. The summed E-state index contributed by atoms with van der Waals surface area (Å²) in [5.41, 5.74) is 0. The smallest absolute Gasteiger partial charge is 0.00177 e. The topological polar surface area (TPSA) is 12.0 Å². The third kappa shape index (κ3) is 2.73. The maximum absolute atomic E-state index is 3.57. The lowest BCUT2D eigenvalue weighted by Gasteiger charge is -2.21. The molecule has 2 atom stereocenters. The van der Waals surface area contributed by atoms with Gasteiger partial charge >= 0.3 is 0 Å². The zero-order valence-electron chi connectivity index (χ0n) is 9.60. The highest BCUT2D eigenvalue weighted by Gasteiger charge is 2.41. The summed E-state index contributed by atoms with van der Waals surface area (Å²) in [4.78, 5) is 0. The molecule has 0 bridgehead atoms. The molecule has 2 fully saturated rings. The molecule has 1 heteroatoms. The first kappa shape index (κ1) is 10.5. The fourth-order valence-electron chi connectivity index (χ4n) is 3.11. The van der Waals surface area contributed by atoms with Crippen LogP contribution in [0, 0.1) is 17.8 Å². The summed E-state index contributed by atoms with van der Waals surface area (Å²) in [5, 5.41) is 3.57. The van der Waals surface area contributed by atoms with Crippen molar-refractivity contribution in [2.75, 3.05) is 13.1 Å². The Labute approximate surface area is 88.7 Å². The first-order valence-electron chi connectivity index (χ1n) is 6.62. The van der Waals surface area contributed by atoms with Crippen LogP contribution in [0.15, 0.2) is 0 Å². The van der Waals surface area contributed by atoms with Crippen LogP contribution in [0.25, 0.3) is 0 Å². The second-order valence-corrected chi connectivity index (χ2v) is 5.26. The highest BCUT2D eigenvalue weighted by Crippen LogP contribution is 2.48. The Morgan fingerprint density at radius 3 is 2.64 bits per heavy atom. The largest absolute Gasteiger partial charge is 0.316 e. The van der Waals surface area contributed by atoms with Gasteiger partial charge in [0.1, 0.15) is 0 Å². The molecule has 2 saturated carbocycles. The predicted molar refractivity (Wildman–Crippen MR) is 61.3 cm³/mol. The van der Waals surface area contributed by atoms with Crippen molar-refractivity contribution in [1.82, 2.24) is 5.32 Å². The average molecular weight is 195 g/mol. The van der Waals surface area contributed by atoms with Crippen LogP contribution in [-0.4, -0.2) is 13.1 Å². The van der Waals surface area contributed by atoms with Gasteiger partial charge in [-0.15, -0.1) is 0 Å². The van der Waals surface area contributed by atoms with Gasteiger partial charge in [-0.2, -0.15) is 0 Å². The predicted octanol–water partition coefficient (Wildman–Crippen LogP) is 3.20. The summed E-state index contributed by atoms with van der Waals surface area (Å²) < 4.78 is 0. The minimum Gasteiger partial charge on any atom is -0.316 e. The van der Waals surface area contributed by atoms with Gasteiger partial charge < -0.3 is 5.32 Å². The van der Waals surface area contributed by atoms with Crippen LogP contribution in [0.4, 0.5) is 0 Å². The van der Waals surface area contributed by atoms with Gasteiger partial charge in [-0.3, -0.25) is 0 Å². The maximum atomic E-state index is 3.57. The Hall–Kier alpha value is -0.0400. The molecule has 0 aromatic carbocycles. The molecular formula is C13H25N. The first-order valence-corrected chi connectivity index (χ1v) is 6.62. The van der Waals surface area contributed by atoms with E-state index in [-0.39, 0.29) is 0 Å². The third-order valence-electron chi connectivity index (χ3n) is 4.07. The van der Waals surface area contributed by atoms with Crippen LogP contribution >= 0.6 is 0 Å². The van der Waals surface area contributed by atoms with Gasteiger partial charge in [-0.1, -0.05) is 39.0 Å². The fraction of sp³-hybridized carbons (Fsp3) is 1.00. The van der Waals surface area contributed by atoms with Gasteiger partial charge in [0.25, 0.3) is 0 Å². The summed E-state index contributed by atoms with van der Waals surface area (Å²) >= 11 is 0. The SMILES string of the molecule is CCCNCC1CC1C1CCCCC1. The van der Waals surface area contributed by atoms with E-state index in [9.17, 15) is 0 Å². The van der Waals surface area contributed by atoms with Gasteiger partial charge in [0.2, 0.25) is 0 Å². The summed E-state index contributed by atoms with van der Waals surface area (Å²) in [6.45, 7) is 4.77. The van der Waals surface area contributed by atoms with Gasteiger partial charge in [-0.25, -0.2) is 0 Å². The molecule has 1 nitrogen and oxygen atoms in total. The van der Waals surface area contributed by atoms with Crippen molar-refractivity contribution in [3.63, 3.8) is 0 Å². The van der Waals surface area contributed by atoms with Crippen molar-refractivity contribution in [2.45, 2.75) is 51.9 Å². The standard InChI is InChI=1S/C13H25N/c1-2-8-14-10-12-9-13(12)11-6-4-3-5-7-11/h11-14H,2-10H2,1H3. The van der Waals surface area contributed by atoms with Gasteiger partial charge in [0.15, 0.2) is 0 Å². The number of rotatable bonds is 5. The molecule has 0 spiro atoms. The van der Waals surface area contributed by atoms with Gasteiger partial charge in [0, 0.05) is 0 Å². The zero-order valence-corrected chi connectivity index (χ0v) is 9.60. The molecule has 1 N–H and O–H groups in total. The minimum atomic E-state index is 1.05. The van der Waals surface area contributed by atoms with E-state index in [0.29, 0.717) is 0 Å². The van der Waals surface area contributed by atoms with Crippen molar-refractivity contribution >= 4 is 0 Å². The van der Waals surface area contributed by atoms with Crippen molar-refractivity contribution in [3.8, 4) is 0 Å². The Morgan fingerprint density at radius 2 is 1.93 bits per heavy atom. The molecule has 0 aromatic heterocycles. The van der Waals surface area contributed by atoms with Crippen molar-refractivity contribution in [2.24, 2.45) is 17.8 Å². The highest BCUT2D eigenvalue weighted by atomic mass is 14.9. The number of hydrogen-bond donors (Lipinski definition) is 1. The van der Waals surface area contributed by atoms with Gasteiger partial charge in [0.05, 0.1) is 0 Å². The van der Waals surface area contributed by atoms with E-state index in [1.54, 1.807) is 0 Å². The molecule has 0 aliphatic heterocycles. The molecule has 2 rings (SSSR count). The van der Waals surface area contributed by atoms with E-state index in [0.717, 1.165) is 17.8 Å². The van der Waals surface area contributed by atoms with Crippen LogP contribution in [0.2, 0.25) is 0 Å². The second-order valence-electron chi connectivity index (χ2n) is 5.26. The average Bonchev–Trinajstić information content (AvgIpc) is 2.99. The lowest BCUT2D eigenvalue weighted by atomic mass is 9.85. The molecule has 0 radical (unpaired) electrons. The van der Waals surface area contributed by atoms with E-state index < -0.39 is 0 Å². The van der Waals surface area contributed by atoms with Crippen LogP contribution in [0.3, 0.4) is 0 Å². The fourth-order valence-corrected chi connectivity index (χ4v) is 3.11. The Bertz CT molecular complexity index is 161. The van der Waals surface area contributed by atoms with Crippen LogP contribution in [0.1, 0.15) is 51.9 Å². The molecule has 0 aromatic rings. The second kappa shape index (κ2) is 5.16. The van der Waals surface area contributed by atoms with E-state index in [2.05, 4.69) is 12.2 Å². The third-order valence-corrected chi connectivity index (χ3v) is 4.07. The van der Waals surface area contributed by atoms with Crippen molar-refractivity contribution < 1.29 is 0 Å². The van der Waals surface area contributed by atoms with Gasteiger partial charge in [-0.05, 0) is 43.7 Å². The quantitative estimate of drug-likeness (QED) is 0.664. The summed E-state index contributed by atoms with van der Waals surface area (Å²) in [7, 11) is 0. The van der Waals surface area contributed by atoms with Crippen molar-refractivity contribution in [3.05, 3.63) is 0 Å². The molecule has 0 saturated heterocycles. The Kier molecular flexibility index (Phi) is 3.86. The van der Waals surface area contributed by atoms with E-state index in [4.69, 9.17) is 0 Å². The molecular weight excluding hydrogens is 170 g/mol. The normalized spacial score (nSPS) is 33.2. The van der Waals surface area contributed by atoms with Crippen molar-refractivity contribution in [1.29, 1.82) is 0 Å². The Morgan fingerprint density at radius 1 is 1.14 bits per heavy atom. The summed E-state index contributed by atoms with van der Waals surface area (Å²) in [6.07, 6.45) is 10.4. The number of hydrogen-bond acceptors (Lipinski definition) is 1. The molecule has 2 unspecified atom stereocenters. The molecule has 82 valence electrons. The van der Waals surface area contributed by atoms with E-state index >= 15 is 0 Å². The van der Waals surface area contributed by atoms with Crippen LogP contribution in [0.5, 0.6) is 0 Å². The summed E-state index contributed by atoms with van der Waals surface area (Å²) in [6, 6.07) is 0. The lowest BCUT2D eigenvalue weighted by molar-refractivity contribution is 0.308. The monoisotopic (exact) mass is 195 g/mol. The van der Waals surface area contributed by atoms with E-state index in [1.165, 1.54) is 58.0 Å². The first-order chi connectivity index (χ1) is 6.92. The Balaban J connectivity index is 1.60. The number of nitrogens with one attached hydrogen (secondary N) is 1. The maximum Gasteiger partial charge on any atom is -0.00177 e. The molecule has 2 aliphatic carbocycles. The van der Waals surface area contributed by atoms with Crippen LogP contribution < -0.4 is 5.32 Å². The minimum absolute atomic E-state index is 1.05. The summed E-state index contributed by atoms with van der Waals surface area (Å²) in [5.74, 6) is 3.27. The molecule has 2 aliphatic rings. The highest BCUT2D eigenvalue weighted by molar-refractivity contribution is 4.93. The molecule has 0 heterocycles.